The third-order valence-electron chi connectivity index (χ3n) is 6.52. The van der Waals surface area contributed by atoms with Gasteiger partial charge in [0.25, 0.3) is 0 Å². The Morgan fingerprint density at radius 1 is 1.03 bits per heavy atom. The summed E-state index contributed by atoms with van der Waals surface area (Å²) in [7, 11) is -3.52. The number of piperidine rings is 2. The van der Waals surface area contributed by atoms with Crippen LogP contribution < -0.4 is 5.73 Å². The van der Waals surface area contributed by atoms with Crippen LogP contribution in [0.5, 0.6) is 0 Å². The van der Waals surface area contributed by atoms with Gasteiger partial charge in [0.05, 0.1) is 10.1 Å². The first kappa shape index (κ1) is 22.7. The molecule has 1 amide bonds. The van der Waals surface area contributed by atoms with Gasteiger partial charge in [0.2, 0.25) is 5.91 Å². The molecule has 4 rings (SSSR count). The lowest BCUT2D eigenvalue weighted by Crippen LogP contribution is -2.47. The second-order valence-electron chi connectivity index (χ2n) is 8.66. The Labute approximate surface area is 188 Å². The average Bonchev–Trinajstić information content (AvgIpc) is 2.79. The van der Waals surface area contributed by atoms with E-state index >= 15 is 0 Å². The summed E-state index contributed by atoms with van der Waals surface area (Å²) >= 11 is 0. The zero-order chi connectivity index (χ0) is 22.7. The van der Waals surface area contributed by atoms with Crippen molar-refractivity contribution in [3.63, 3.8) is 0 Å². The highest BCUT2D eigenvalue weighted by atomic mass is 32.2. The second kappa shape index (κ2) is 9.54. The van der Waals surface area contributed by atoms with Gasteiger partial charge in [-0.25, -0.2) is 17.8 Å². The smallest absolute Gasteiger partial charge is 0.225 e. The first-order chi connectivity index (χ1) is 15.3. The van der Waals surface area contributed by atoms with Crippen LogP contribution in [0.3, 0.4) is 0 Å². The van der Waals surface area contributed by atoms with Gasteiger partial charge in [-0.2, -0.15) is 0 Å². The van der Waals surface area contributed by atoms with Crippen molar-refractivity contribution in [1.82, 2.24) is 14.8 Å². The van der Waals surface area contributed by atoms with Crippen LogP contribution in [-0.4, -0.2) is 60.5 Å². The molecule has 2 aliphatic heterocycles. The molecule has 9 heteroatoms. The lowest BCUT2D eigenvalue weighted by Gasteiger charge is -2.37. The topological polar surface area (TPSA) is 96.6 Å². The Morgan fingerprint density at radius 3 is 2.31 bits per heavy atom. The Kier molecular flexibility index (Phi) is 6.76. The van der Waals surface area contributed by atoms with E-state index in [1.807, 2.05) is 17.0 Å². The summed E-state index contributed by atoms with van der Waals surface area (Å²) < 4.78 is 38.8. The van der Waals surface area contributed by atoms with Gasteiger partial charge >= 0.3 is 0 Å². The minimum absolute atomic E-state index is 0.0148. The van der Waals surface area contributed by atoms with Gasteiger partial charge in [-0.05, 0) is 80.7 Å². The van der Waals surface area contributed by atoms with Crippen molar-refractivity contribution in [3.05, 3.63) is 54.0 Å². The van der Waals surface area contributed by atoms with Crippen molar-refractivity contribution in [2.75, 3.05) is 31.9 Å². The highest BCUT2D eigenvalue weighted by Crippen LogP contribution is 2.27. The van der Waals surface area contributed by atoms with Crippen LogP contribution in [0, 0.1) is 11.7 Å². The van der Waals surface area contributed by atoms with Gasteiger partial charge in [-0.3, -0.25) is 9.69 Å². The van der Waals surface area contributed by atoms with Crippen LogP contribution in [0.25, 0.3) is 0 Å². The summed E-state index contributed by atoms with van der Waals surface area (Å²) in [6, 6.07) is 8.80. The summed E-state index contributed by atoms with van der Waals surface area (Å²) in [6.07, 6.45) is 4.13. The second-order valence-corrected chi connectivity index (χ2v) is 10.9. The number of benzene rings is 1. The maximum Gasteiger partial charge on any atom is 0.225 e. The maximum absolute atomic E-state index is 13.1. The van der Waals surface area contributed by atoms with E-state index in [-0.39, 0.29) is 16.7 Å². The molecule has 2 fully saturated rings. The molecule has 1 aromatic carbocycles. The summed E-state index contributed by atoms with van der Waals surface area (Å²) in [5.74, 6) is 0.173. The molecule has 7 nitrogen and oxygen atoms in total. The van der Waals surface area contributed by atoms with Crippen molar-refractivity contribution in [3.8, 4) is 0 Å². The molecule has 0 radical (unpaired) electrons. The van der Waals surface area contributed by atoms with Crippen molar-refractivity contribution in [2.45, 2.75) is 42.4 Å². The number of carbonyl (C=O) groups is 1. The van der Waals surface area contributed by atoms with Crippen molar-refractivity contribution < 1.29 is 17.6 Å². The van der Waals surface area contributed by atoms with E-state index in [2.05, 4.69) is 9.88 Å². The number of rotatable bonds is 5. The molecule has 0 aliphatic carbocycles. The first-order valence-electron chi connectivity index (χ1n) is 11.0. The number of hydrogen-bond donors (Lipinski definition) is 1. The predicted octanol–water partition coefficient (Wildman–Crippen LogP) is 2.48. The molecule has 1 aromatic heterocycles. The quantitative estimate of drug-likeness (QED) is 0.689. The number of halogens is 1. The Balaban J connectivity index is 1.27. The largest absolute Gasteiger partial charge is 0.384 e. The number of carbonyl (C=O) groups excluding carboxylic acids is 1. The fraction of sp³-hybridized carbons (Fsp3) is 0.478. The lowest BCUT2D eigenvalue weighted by molar-refractivity contribution is -0.138. The molecule has 2 aliphatic rings. The molecule has 0 saturated carbocycles. The van der Waals surface area contributed by atoms with Crippen molar-refractivity contribution in [2.24, 2.45) is 5.92 Å². The first-order valence-corrected chi connectivity index (χ1v) is 12.6. The highest BCUT2D eigenvalue weighted by Gasteiger charge is 2.35. The van der Waals surface area contributed by atoms with Crippen molar-refractivity contribution in [1.29, 1.82) is 0 Å². The fourth-order valence-corrected chi connectivity index (χ4v) is 6.38. The molecule has 0 atom stereocenters. The van der Waals surface area contributed by atoms with Crippen LogP contribution in [0.2, 0.25) is 0 Å². The monoisotopic (exact) mass is 460 g/mol. The summed E-state index contributed by atoms with van der Waals surface area (Å²) in [6.45, 7) is 3.36. The summed E-state index contributed by atoms with van der Waals surface area (Å²) in [4.78, 5) is 21.3. The van der Waals surface area contributed by atoms with E-state index < -0.39 is 20.9 Å². The van der Waals surface area contributed by atoms with Crippen LogP contribution >= 0.6 is 0 Å². The van der Waals surface area contributed by atoms with Crippen LogP contribution in [0.1, 0.15) is 31.2 Å². The standard InChI is InChI=1S/C23H29FN4O3S/c24-19-1-3-20(4-2-19)32(30,31)21-8-13-28(14-9-21)23(29)18-6-11-27(12-7-18)16-17-5-10-26-22(25)15-17/h1-5,10,15,18,21H,6-9,11-14,16H2,(H2,25,26). The van der Waals surface area contributed by atoms with E-state index in [9.17, 15) is 17.6 Å². The van der Waals surface area contributed by atoms with Gasteiger partial charge in [-0.15, -0.1) is 0 Å². The predicted molar refractivity (Wildman–Crippen MR) is 120 cm³/mol. The van der Waals surface area contributed by atoms with Crippen LogP contribution in [0.4, 0.5) is 10.2 Å². The molecule has 2 N–H and O–H groups in total. The number of amides is 1. The zero-order valence-electron chi connectivity index (χ0n) is 18.0. The van der Waals surface area contributed by atoms with Gasteiger partial charge in [0.15, 0.2) is 9.84 Å². The molecule has 0 unspecified atom stereocenters. The highest BCUT2D eigenvalue weighted by molar-refractivity contribution is 7.92. The lowest BCUT2D eigenvalue weighted by atomic mass is 9.94. The Hall–Kier alpha value is -2.52. The summed E-state index contributed by atoms with van der Waals surface area (Å²) in [5, 5.41) is -0.536. The molecule has 2 aromatic rings. The van der Waals surface area contributed by atoms with E-state index in [0.29, 0.717) is 31.7 Å². The third-order valence-corrected chi connectivity index (χ3v) is 8.80. The number of aromatic nitrogens is 1. The number of anilines is 1. The molecule has 0 bridgehead atoms. The van der Waals surface area contributed by atoms with E-state index in [0.717, 1.165) is 38.0 Å². The normalized spacial score (nSPS) is 19.2. The van der Waals surface area contributed by atoms with E-state index in [1.165, 1.54) is 24.3 Å². The van der Waals surface area contributed by atoms with E-state index in [1.54, 1.807) is 6.20 Å². The molecule has 2 saturated heterocycles. The minimum Gasteiger partial charge on any atom is -0.384 e. The number of hydrogen-bond acceptors (Lipinski definition) is 6. The van der Waals surface area contributed by atoms with Crippen LogP contribution in [-0.2, 0) is 21.2 Å². The fourth-order valence-electron chi connectivity index (χ4n) is 4.65. The molecular weight excluding hydrogens is 431 g/mol. The van der Waals surface area contributed by atoms with E-state index in [4.69, 9.17) is 5.73 Å². The Morgan fingerprint density at radius 2 is 1.69 bits per heavy atom. The van der Waals surface area contributed by atoms with Gasteiger partial charge < -0.3 is 10.6 Å². The van der Waals surface area contributed by atoms with Crippen LogP contribution in [0.15, 0.2) is 47.5 Å². The third kappa shape index (κ3) is 5.10. The average molecular weight is 461 g/mol. The number of likely N-dealkylation sites (tertiary alicyclic amines) is 2. The maximum atomic E-state index is 13.1. The molecular formula is C23H29FN4O3S. The minimum atomic E-state index is -3.52. The SMILES string of the molecule is Nc1cc(CN2CCC(C(=O)N3CCC(S(=O)(=O)c4ccc(F)cc4)CC3)CC2)ccn1. The number of nitrogens with zero attached hydrogens (tertiary/aromatic N) is 3. The molecule has 32 heavy (non-hydrogen) atoms. The molecule has 0 spiro atoms. The Bertz CT molecular complexity index is 1050. The number of nitrogens with two attached hydrogens (primary N) is 1. The zero-order valence-corrected chi connectivity index (χ0v) is 18.8. The van der Waals surface area contributed by atoms with Gasteiger partial charge in [0, 0.05) is 31.7 Å². The number of nitrogen functional groups attached to an aromatic ring is 1. The molecule has 172 valence electrons. The number of sulfone groups is 1. The number of pyridine rings is 1. The van der Waals surface area contributed by atoms with Gasteiger partial charge in [0.1, 0.15) is 11.6 Å². The van der Waals surface area contributed by atoms with Crippen molar-refractivity contribution >= 4 is 21.6 Å². The van der Waals surface area contributed by atoms with Gasteiger partial charge in [-0.1, -0.05) is 0 Å². The molecule has 3 heterocycles. The summed E-state index contributed by atoms with van der Waals surface area (Å²) in [5.41, 5.74) is 6.87.